The summed E-state index contributed by atoms with van der Waals surface area (Å²) in [6.07, 6.45) is 9.08. The van der Waals surface area contributed by atoms with Gasteiger partial charge in [-0.2, -0.15) is 0 Å². The minimum Gasteiger partial charge on any atom is -0.375 e. The second-order valence-electron chi connectivity index (χ2n) is 10.4. The van der Waals surface area contributed by atoms with Crippen molar-refractivity contribution < 1.29 is 0 Å². The van der Waals surface area contributed by atoms with Crippen LogP contribution in [0, 0.1) is 29.1 Å². The first kappa shape index (κ1) is 22.7. The third-order valence-electron chi connectivity index (χ3n) is 8.48. The molecule has 4 fully saturated rings. The summed E-state index contributed by atoms with van der Waals surface area (Å²) in [6.45, 7) is 8.41. The van der Waals surface area contributed by atoms with E-state index in [1.165, 1.54) is 44.1 Å². The molecule has 29 heavy (non-hydrogen) atoms. The molecule has 0 unspecified atom stereocenters. The number of rotatable bonds is 6. The van der Waals surface area contributed by atoms with Crippen LogP contribution in [0.1, 0.15) is 78.7 Å². The highest BCUT2D eigenvalue weighted by Gasteiger charge is 2.56. The molecule has 4 aliphatic rings. The monoisotopic (exact) mass is 414 g/mol. The maximum atomic E-state index is 5.87. The third kappa shape index (κ3) is 4.88. The molecule has 2 bridgehead atoms. The molecule has 1 aromatic carbocycles. The SMILES string of the molecule is C.C[C@H]1[C@H](CC(=S)N[C@H]2CCCC[C@@H]2NCc2ccccc2)C[C@@H]2C[C@H]1C2(C)C. The highest BCUT2D eigenvalue weighted by atomic mass is 32.1. The quantitative estimate of drug-likeness (QED) is 0.530. The Hall–Kier alpha value is -0.930. The Morgan fingerprint density at radius 2 is 1.76 bits per heavy atom. The van der Waals surface area contributed by atoms with Gasteiger partial charge < -0.3 is 10.6 Å². The summed E-state index contributed by atoms with van der Waals surface area (Å²) in [7, 11) is 0. The molecule has 0 spiro atoms. The van der Waals surface area contributed by atoms with Gasteiger partial charge >= 0.3 is 0 Å². The molecule has 0 heterocycles. The first-order valence-corrected chi connectivity index (χ1v) is 11.9. The zero-order chi connectivity index (χ0) is 19.7. The fourth-order valence-corrected chi connectivity index (χ4v) is 6.79. The largest absolute Gasteiger partial charge is 0.375 e. The molecule has 4 saturated carbocycles. The lowest BCUT2D eigenvalue weighted by molar-refractivity contribution is -0.126. The van der Waals surface area contributed by atoms with Gasteiger partial charge in [0.1, 0.15) is 0 Å². The van der Waals surface area contributed by atoms with E-state index in [0.717, 1.165) is 41.6 Å². The number of benzene rings is 1. The minimum absolute atomic E-state index is 0. The van der Waals surface area contributed by atoms with Gasteiger partial charge in [-0.15, -0.1) is 0 Å². The summed E-state index contributed by atoms with van der Waals surface area (Å²) in [5.41, 5.74) is 1.94. The van der Waals surface area contributed by atoms with Crippen LogP contribution in [0.4, 0.5) is 0 Å². The fraction of sp³-hybridized carbons (Fsp3) is 0.731. The number of nitrogens with one attached hydrogen (secondary N) is 2. The van der Waals surface area contributed by atoms with Crippen LogP contribution in [0.15, 0.2) is 30.3 Å². The van der Waals surface area contributed by atoms with E-state index in [-0.39, 0.29) is 7.43 Å². The van der Waals surface area contributed by atoms with Gasteiger partial charge in [0.2, 0.25) is 0 Å². The van der Waals surface area contributed by atoms with Crippen LogP contribution >= 0.6 is 12.2 Å². The Labute approximate surface area is 184 Å². The van der Waals surface area contributed by atoms with Crippen LogP contribution in [-0.4, -0.2) is 17.1 Å². The molecule has 4 aliphatic carbocycles. The molecule has 1 aromatic rings. The van der Waals surface area contributed by atoms with Gasteiger partial charge in [0.15, 0.2) is 0 Å². The zero-order valence-corrected chi connectivity index (χ0v) is 18.7. The summed E-state index contributed by atoms with van der Waals surface area (Å²) in [6, 6.07) is 11.8. The van der Waals surface area contributed by atoms with E-state index in [2.05, 4.69) is 61.7 Å². The molecule has 6 atom stereocenters. The normalized spacial score (nSPS) is 35.1. The van der Waals surface area contributed by atoms with E-state index < -0.39 is 0 Å². The van der Waals surface area contributed by atoms with Crippen LogP contribution in [0.3, 0.4) is 0 Å². The summed E-state index contributed by atoms with van der Waals surface area (Å²) in [5, 5.41) is 7.60. The molecule has 0 aliphatic heterocycles. The van der Waals surface area contributed by atoms with Crippen molar-refractivity contribution in [1.29, 1.82) is 0 Å². The summed E-state index contributed by atoms with van der Waals surface area (Å²) < 4.78 is 0. The van der Waals surface area contributed by atoms with E-state index in [4.69, 9.17) is 12.2 Å². The smallest absolute Gasteiger partial charge is 0.0758 e. The van der Waals surface area contributed by atoms with Crippen LogP contribution in [0.5, 0.6) is 0 Å². The molecule has 2 nitrogen and oxygen atoms in total. The van der Waals surface area contributed by atoms with Gasteiger partial charge in [-0.1, -0.05) is 83.6 Å². The number of fused-ring (bicyclic) bond motifs is 2. The first-order chi connectivity index (χ1) is 13.4. The predicted molar refractivity (Wildman–Crippen MR) is 129 cm³/mol. The first-order valence-electron chi connectivity index (χ1n) is 11.5. The Morgan fingerprint density at radius 1 is 1.07 bits per heavy atom. The van der Waals surface area contributed by atoms with Crippen molar-refractivity contribution in [3.05, 3.63) is 35.9 Å². The van der Waals surface area contributed by atoms with Crippen molar-refractivity contribution in [3.8, 4) is 0 Å². The average molecular weight is 415 g/mol. The molecule has 0 amide bonds. The second-order valence-corrected chi connectivity index (χ2v) is 10.8. The molecule has 0 radical (unpaired) electrons. The summed E-state index contributed by atoms with van der Waals surface area (Å²) in [5.74, 6) is 3.44. The molecule has 0 saturated heterocycles. The van der Waals surface area contributed by atoms with E-state index in [1.807, 2.05) is 0 Å². The number of thiocarbonyl (C=S) groups is 1. The lowest BCUT2D eigenvalue weighted by Crippen LogP contribution is -2.56. The topological polar surface area (TPSA) is 24.1 Å². The minimum atomic E-state index is 0. The molecule has 3 heteroatoms. The fourth-order valence-electron chi connectivity index (χ4n) is 6.42. The maximum Gasteiger partial charge on any atom is 0.0758 e. The van der Waals surface area contributed by atoms with E-state index in [9.17, 15) is 0 Å². The van der Waals surface area contributed by atoms with Crippen molar-refractivity contribution in [2.75, 3.05) is 0 Å². The van der Waals surface area contributed by atoms with Crippen LogP contribution in [-0.2, 0) is 6.54 Å². The maximum absolute atomic E-state index is 5.87. The van der Waals surface area contributed by atoms with Crippen molar-refractivity contribution >= 4 is 17.2 Å². The molecule has 162 valence electrons. The Balaban J connectivity index is 0.00000240. The van der Waals surface area contributed by atoms with E-state index in [1.54, 1.807) is 0 Å². The highest BCUT2D eigenvalue weighted by molar-refractivity contribution is 7.80. The third-order valence-corrected chi connectivity index (χ3v) is 8.77. The Morgan fingerprint density at radius 3 is 2.41 bits per heavy atom. The lowest BCUT2D eigenvalue weighted by Gasteiger charge is -2.62. The molecular weight excluding hydrogens is 372 g/mol. The average Bonchev–Trinajstić information content (AvgIpc) is 2.69. The Bertz CT molecular complexity index is 671. The van der Waals surface area contributed by atoms with Gasteiger partial charge in [-0.3, -0.25) is 0 Å². The van der Waals surface area contributed by atoms with Gasteiger partial charge in [0, 0.05) is 25.0 Å². The summed E-state index contributed by atoms with van der Waals surface area (Å²) in [4.78, 5) is 1.12. The number of hydrogen-bond acceptors (Lipinski definition) is 2. The van der Waals surface area contributed by atoms with Gasteiger partial charge in [-0.05, 0) is 60.3 Å². The van der Waals surface area contributed by atoms with Crippen molar-refractivity contribution in [1.82, 2.24) is 10.6 Å². The van der Waals surface area contributed by atoms with Gasteiger partial charge in [-0.25, -0.2) is 0 Å². The molecule has 0 aromatic heterocycles. The lowest BCUT2D eigenvalue weighted by atomic mass is 9.43. The Kier molecular flexibility index (Phi) is 7.43. The summed E-state index contributed by atoms with van der Waals surface area (Å²) >= 11 is 5.87. The molecular formula is C26H42N2S. The van der Waals surface area contributed by atoms with E-state index in [0.29, 0.717) is 17.5 Å². The van der Waals surface area contributed by atoms with Crippen LogP contribution in [0.25, 0.3) is 0 Å². The zero-order valence-electron chi connectivity index (χ0n) is 17.9. The molecule has 5 rings (SSSR count). The number of hydrogen-bond donors (Lipinski definition) is 2. The van der Waals surface area contributed by atoms with Crippen molar-refractivity contribution in [2.45, 2.75) is 91.8 Å². The van der Waals surface area contributed by atoms with Gasteiger partial charge in [0.25, 0.3) is 0 Å². The van der Waals surface area contributed by atoms with Crippen LogP contribution < -0.4 is 10.6 Å². The highest BCUT2D eigenvalue weighted by Crippen LogP contribution is 2.63. The molecule has 2 N–H and O–H groups in total. The van der Waals surface area contributed by atoms with E-state index >= 15 is 0 Å². The standard InChI is InChI=1S/C25H38N2S.CH4/c1-17-19(13-20-15-21(17)25(20,2)3)14-24(28)27-23-12-8-7-11-22(23)26-16-18-9-5-4-6-10-18;/h4-6,9-10,17,19-23,26H,7-8,11-16H2,1-3H3,(H,27,28);1H4/t17-,19-,20+,21+,22-,23-;/m0./s1. The van der Waals surface area contributed by atoms with Crippen molar-refractivity contribution in [2.24, 2.45) is 29.1 Å². The van der Waals surface area contributed by atoms with Gasteiger partial charge in [0.05, 0.1) is 4.99 Å². The predicted octanol–water partition coefficient (Wildman–Crippen LogP) is 6.35. The second kappa shape index (κ2) is 9.47. The van der Waals surface area contributed by atoms with Crippen molar-refractivity contribution in [3.63, 3.8) is 0 Å². The van der Waals surface area contributed by atoms with Crippen LogP contribution in [0.2, 0.25) is 0 Å².